The topological polar surface area (TPSA) is 124 Å². The van der Waals surface area contributed by atoms with E-state index in [1.807, 2.05) is 6.92 Å². The molecule has 46 heavy (non-hydrogen) atoms. The fraction of sp³-hybridized carbons (Fsp3) is 0.692. The van der Waals surface area contributed by atoms with Crippen molar-refractivity contribution in [2.45, 2.75) is 112 Å². The van der Waals surface area contributed by atoms with Gasteiger partial charge in [-0.15, -0.1) is 0 Å². The standard InChI is InChI=1S/C39H54O7/c1-34(2)17-19-39(33(44)45)20-18-37(5)26(27(39)21-34)12-13-30-35(3)22-28(41)32(43)36(4,29(35)15-16-38(30,37)6)23-46-31(42)14-9-24-7-10-25(40)11-8-24/h7-12,14,27-30,32,40-41,43H,13,15-23H2,1-6H3,(H,44,45)/b14-9+/t27-,28+,29+,30+,32+,35-,36-,37+,38+,39-/m0/s1. The number of phenols is 1. The highest BCUT2D eigenvalue weighted by molar-refractivity contribution is 5.87. The summed E-state index contributed by atoms with van der Waals surface area (Å²) in [6, 6.07) is 6.53. The van der Waals surface area contributed by atoms with Crippen molar-refractivity contribution in [3.05, 3.63) is 47.6 Å². The van der Waals surface area contributed by atoms with Gasteiger partial charge in [-0.25, -0.2) is 4.79 Å². The molecule has 0 aromatic heterocycles. The first-order valence-electron chi connectivity index (χ1n) is 17.4. The summed E-state index contributed by atoms with van der Waals surface area (Å²) >= 11 is 0. The van der Waals surface area contributed by atoms with E-state index in [0.29, 0.717) is 12.8 Å². The van der Waals surface area contributed by atoms with E-state index in [-0.39, 0.29) is 51.8 Å². The molecule has 4 N–H and O–H groups in total. The second-order valence-electron chi connectivity index (χ2n) is 17.4. The van der Waals surface area contributed by atoms with Crippen LogP contribution >= 0.6 is 0 Å². The number of carbonyl (C=O) groups is 2. The Morgan fingerprint density at radius 1 is 0.913 bits per heavy atom. The summed E-state index contributed by atoms with van der Waals surface area (Å²) in [7, 11) is 0. The fourth-order valence-electron chi connectivity index (χ4n) is 11.8. The van der Waals surface area contributed by atoms with E-state index in [9.17, 15) is 30.0 Å². The smallest absolute Gasteiger partial charge is 0.330 e. The molecule has 0 aliphatic heterocycles. The number of aromatic hydroxyl groups is 1. The molecule has 7 nitrogen and oxygen atoms in total. The predicted molar refractivity (Wildman–Crippen MR) is 176 cm³/mol. The summed E-state index contributed by atoms with van der Waals surface area (Å²) in [4.78, 5) is 25.8. The molecular weight excluding hydrogens is 580 g/mol. The van der Waals surface area contributed by atoms with Gasteiger partial charge in [-0.2, -0.15) is 0 Å². The van der Waals surface area contributed by atoms with Crippen LogP contribution in [0, 0.1) is 50.2 Å². The zero-order chi connectivity index (χ0) is 33.5. The Bertz CT molecular complexity index is 1440. The highest BCUT2D eigenvalue weighted by Crippen LogP contribution is 2.75. The van der Waals surface area contributed by atoms with Crippen LogP contribution in [0.15, 0.2) is 42.0 Å². The van der Waals surface area contributed by atoms with Crippen molar-refractivity contribution in [2.24, 2.45) is 50.2 Å². The molecule has 4 saturated carbocycles. The van der Waals surface area contributed by atoms with Crippen molar-refractivity contribution >= 4 is 18.0 Å². The lowest BCUT2D eigenvalue weighted by Crippen LogP contribution is -2.68. The van der Waals surface area contributed by atoms with Gasteiger partial charge in [0.1, 0.15) is 5.75 Å². The first kappa shape index (κ1) is 33.3. The lowest BCUT2D eigenvalue weighted by atomic mass is 9.33. The first-order valence-corrected chi connectivity index (χ1v) is 17.4. The lowest BCUT2D eigenvalue weighted by molar-refractivity contribution is -0.245. The molecule has 0 radical (unpaired) electrons. The van der Waals surface area contributed by atoms with Crippen LogP contribution in [0.5, 0.6) is 5.75 Å². The van der Waals surface area contributed by atoms with Crippen LogP contribution in [0.25, 0.3) is 6.08 Å². The highest BCUT2D eigenvalue weighted by atomic mass is 16.5. The van der Waals surface area contributed by atoms with Gasteiger partial charge in [0.2, 0.25) is 0 Å². The molecule has 1 aromatic carbocycles. The van der Waals surface area contributed by atoms with Gasteiger partial charge in [-0.05, 0) is 121 Å². The van der Waals surface area contributed by atoms with E-state index < -0.39 is 35.0 Å². The first-order chi connectivity index (χ1) is 21.4. The summed E-state index contributed by atoms with van der Waals surface area (Å²) < 4.78 is 5.81. The number of rotatable bonds is 5. The summed E-state index contributed by atoms with van der Waals surface area (Å²) in [5.41, 5.74) is 0.147. The molecule has 1 aromatic rings. The number of aliphatic carboxylic acids is 1. The summed E-state index contributed by atoms with van der Waals surface area (Å²) in [6.45, 7) is 13.7. The van der Waals surface area contributed by atoms with Crippen molar-refractivity contribution in [3.63, 3.8) is 0 Å². The number of esters is 1. The molecule has 0 spiro atoms. The van der Waals surface area contributed by atoms with Crippen molar-refractivity contribution in [1.82, 2.24) is 0 Å². The average Bonchev–Trinajstić information content (AvgIpc) is 2.98. The number of aliphatic hydroxyl groups excluding tert-OH is 2. The van der Waals surface area contributed by atoms with Gasteiger partial charge in [-0.3, -0.25) is 4.79 Å². The largest absolute Gasteiger partial charge is 0.508 e. The number of ether oxygens (including phenoxy) is 1. The maximum Gasteiger partial charge on any atom is 0.330 e. The maximum atomic E-state index is 12.9. The Labute approximate surface area is 274 Å². The molecule has 0 unspecified atom stereocenters. The monoisotopic (exact) mass is 634 g/mol. The molecule has 6 rings (SSSR count). The normalized spacial score (nSPS) is 44.6. The minimum absolute atomic E-state index is 0.00428. The van der Waals surface area contributed by atoms with Crippen LogP contribution in [0.1, 0.15) is 105 Å². The van der Waals surface area contributed by atoms with Gasteiger partial charge in [0.05, 0.1) is 24.2 Å². The van der Waals surface area contributed by atoms with Crippen molar-refractivity contribution in [3.8, 4) is 5.75 Å². The lowest BCUT2D eigenvalue weighted by Gasteiger charge is -2.71. The van der Waals surface area contributed by atoms with E-state index >= 15 is 0 Å². The molecule has 10 atom stereocenters. The average molecular weight is 635 g/mol. The van der Waals surface area contributed by atoms with Crippen LogP contribution in [-0.2, 0) is 14.3 Å². The van der Waals surface area contributed by atoms with E-state index in [1.54, 1.807) is 30.3 Å². The number of carboxylic acid groups (broad SMARTS) is 1. The Kier molecular flexibility index (Phi) is 7.92. The number of hydrogen-bond acceptors (Lipinski definition) is 6. The summed E-state index contributed by atoms with van der Waals surface area (Å²) in [5.74, 6) is -0.702. The Morgan fingerprint density at radius 3 is 2.26 bits per heavy atom. The van der Waals surface area contributed by atoms with Gasteiger partial charge in [0.25, 0.3) is 0 Å². The second-order valence-corrected chi connectivity index (χ2v) is 17.4. The third-order valence-corrected chi connectivity index (χ3v) is 14.6. The quantitative estimate of drug-likeness (QED) is 0.154. The number of aliphatic hydroxyl groups is 2. The SMILES string of the molecule is CC1(C)CC[C@]2(C(=O)O)CC[C@]3(C)C(=CC[C@@H]4[C@@]5(C)C[C@@H](O)[C@@H](O)[C@@](C)(COC(=O)/C=C/c6ccc(O)cc6)[C@@H]5CC[C@]43C)[C@@H]2C1. The molecule has 0 amide bonds. The van der Waals surface area contributed by atoms with Crippen LogP contribution in [0.4, 0.5) is 0 Å². The van der Waals surface area contributed by atoms with Crippen LogP contribution < -0.4 is 0 Å². The van der Waals surface area contributed by atoms with Crippen LogP contribution in [-0.4, -0.2) is 51.2 Å². The Balaban J connectivity index is 1.30. The Morgan fingerprint density at radius 2 is 1.59 bits per heavy atom. The second kappa shape index (κ2) is 10.9. The van der Waals surface area contributed by atoms with E-state index in [1.165, 1.54) is 11.6 Å². The number of fused-ring (bicyclic) bond motifs is 7. The summed E-state index contributed by atoms with van der Waals surface area (Å²) in [5, 5.41) is 43.1. The third-order valence-electron chi connectivity index (χ3n) is 14.6. The maximum absolute atomic E-state index is 12.9. The van der Waals surface area contributed by atoms with Gasteiger partial charge in [0.15, 0.2) is 0 Å². The highest BCUT2D eigenvalue weighted by Gasteiger charge is 2.70. The summed E-state index contributed by atoms with van der Waals surface area (Å²) in [6.07, 6.45) is 10.7. The van der Waals surface area contributed by atoms with Crippen LogP contribution in [0.2, 0.25) is 0 Å². The van der Waals surface area contributed by atoms with Crippen molar-refractivity contribution in [2.75, 3.05) is 6.61 Å². The number of hydrogen-bond donors (Lipinski definition) is 4. The zero-order valence-corrected chi connectivity index (χ0v) is 28.5. The van der Waals surface area contributed by atoms with Crippen LogP contribution in [0.3, 0.4) is 0 Å². The molecular formula is C39H54O7. The van der Waals surface area contributed by atoms with E-state index in [4.69, 9.17) is 4.74 Å². The minimum Gasteiger partial charge on any atom is -0.508 e. The zero-order valence-electron chi connectivity index (χ0n) is 28.5. The van der Waals surface area contributed by atoms with Crippen molar-refractivity contribution in [1.29, 1.82) is 0 Å². The van der Waals surface area contributed by atoms with Gasteiger partial charge >= 0.3 is 11.9 Å². The molecule has 0 saturated heterocycles. The third kappa shape index (κ3) is 4.81. The molecule has 5 aliphatic rings. The van der Waals surface area contributed by atoms with Gasteiger partial charge in [0, 0.05) is 11.5 Å². The molecule has 4 fully saturated rings. The predicted octanol–water partition coefficient (Wildman–Crippen LogP) is 7.15. The molecule has 7 heteroatoms. The molecule has 252 valence electrons. The molecule has 0 heterocycles. The number of phenolic OH excluding ortho intramolecular Hbond substituents is 1. The number of benzene rings is 1. The van der Waals surface area contributed by atoms with E-state index in [2.05, 4.69) is 40.7 Å². The van der Waals surface area contributed by atoms with E-state index in [0.717, 1.165) is 50.5 Å². The molecule has 0 bridgehead atoms. The molecule has 5 aliphatic carbocycles. The van der Waals surface area contributed by atoms with Crippen molar-refractivity contribution < 1.29 is 34.8 Å². The van der Waals surface area contributed by atoms with Gasteiger partial charge in [-0.1, -0.05) is 65.3 Å². The minimum atomic E-state index is -1.02. The number of carbonyl (C=O) groups excluding carboxylic acids is 1. The Hall–Kier alpha value is -2.64. The van der Waals surface area contributed by atoms with Gasteiger partial charge < -0.3 is 25.2 Å². The fourth-order valence-corrected chi connectivity index (χ4v) is 11.8. The number of allylic oxidation sites excluding steroid dienone is 2. The number of carboxylic acids is 1.